The summed E-state index contributed by atoms with van der Waals surface area (Å²) in [6.07, 6.45) is 3.10. The zero-order chi connectivity index (χ0) is 11.8. The van der Waals surface area contributed by atoms with E-state index in [1.165, 1.54) is 0 Å². The van der Waals surface area contributed by atoms with Crippen LogP contribution in [0.5, 0.6) is 0 Å². The van der Waals surface area contributed by atoms with Gasteiger partial charge in [0.25, 0.3) is 0 Å². The van der Waals surface area contributed by atoms with Crippen LogP contribution in [-0.2, 0) is 11.2 Å². The summed E-state index contributed by atoms with van der Waals surface area (Å²) >= 11 is 3.33. The highest BCUT2D eigenvalue weighted by Gasteiger charge is 2.04. The van der Waals surface area contributed by atoms with Crippen LogP contribution in [0.2, 0.25) is 0 Å². The van der Waals surface area contributed by atoms with Gasteiger partial charge in [0.1, 0.15) is 0 Å². The van der Waals surface area contributed by atoms with E-state index in [2.05, 4.69) is 31.4 Å². The van der Waals surface area contributed by atoms with E-state index in [1.54, 1.807) is 6.92 Å². The van der Waals surface area contributed by atoms with E-state index in [9.17, 15) is 4.79 Å². The summed E-state index contributed by atoms with van der Waals surface area (Å²) in [5, 5.41) is 7.43. The van der Waals surface area contributed by atoms with Gasteiger partial charge in [0, 0.05) is 24.7 Å². The first-order valence-electron chi connectivity index (χ1n) is 5.34. The van der Waals surface area contributed by atoms with Crippen LogP contribution >= 0.6 is 15.9 Å². The summed E-state index contributed by atoms with van der Waals surface area (Å²) in [4.78, 5) is 15.4. The van der Waals surface area contributed by atoms with Gasteiger partial charge in [0.2, 0.25) is 11.8 Å². The van der Waals surface area contributed by atoms with Crippen LogP contribution < -0.4 is 5.32 Å². The molecule has 0 radical (unpaired) electrons. The molecule has 0 aliphatic heterocycles. The first-order chi connectivity index (χ1) is 7.72. The quantitative estimate of drug-likeness (QED) is 0.612. The summed E-state index contributed by atoms with van der Waals surface area (Å²) in [7, 11) is 0. The highest BCUT2D eigenvalue weighted by Crippen LogP contribution is 1.99. The van der Waals surface area contributed by atoms with Crippen molar-refractivity contribution in [1.29, 1.82) is 0 Å². The van der Waals surface area contributed by atoms with E-state index in [1.807, 2.05) is 0 Å². The van der Waals surface area contributed by atoms with Gasteiger partial charge in [-0.3, -0.25) is 4.79 Å². The largest absolute Gasteiger partial charge is 0.356 e. The van der Waals surface area contributed by atoms with Crippen molar-refractivity contribution in [3.63, 3.8) is 0 Å². The number of carbonyl (C=O) groups is 1. The Bertz CT molecular complexity index is 328. The average Bonchev–Trinajstić information content (AvgIpc) is 2.65. The normalized spacial score (nSPS) is 10.4. The lowest BCUT2D eigenvalue weighted by Crippen LogP contribution is -2.25. The Kier molecular flexibility index (Phi) is 6.07. The number of aryl methyl sites for hydroxylation is 1. The van der Waals surface area contributed by atoms with Crippen LogP contribution in [0.25, 0.3) is 0 Å². The molecular weight excluding hydrogens is 274 g/mol. The number of nitrogens with zero attached hydrogens (tertiary/aromatic N) is 2. The highest BCUT2D eigenvalue weighted by molar-refractivity contribution is 9.09. The van der Waals surface area contributed by atoms with Gasteiger partial charge in [-0.2, -0.15) is 4.98 Å². The van der Waals surface area contributed by atoms with Crippen molar-refractivity contribution >= 4 is 21.8 Å². The van der Waals surface area contributed by atoms with Crippen molar-refractivity contribution in [1.82, 2.24) is 15.5 Å². The maximum atomic E-state index is 11.3. The molecule has 1 aromatic heterocycles. The standard InChI is InChI=1S/C10H16BrN3O2/c1-8-13-10(16-14-8)5-7-12-9(15)4-2-3-6-11/h2-7H2,1H3,(H,12,15). The molecule has 1 heterocycles. The van der Waals surface area contributed by atoms with Crippen molar-refractivity contribution in [2.45, 2.75) is 32.6 Å². The molecule has 1 aromatic rings. The Morgan fingerprint density at radius 1 is 1.50 bits per heavy atom. The molecular formula is C10H16BrN3O2. The summed E-state index contributed by atoms with van der Waals surface area (Å²) < 4.78 is 4.93. The second kappa shape index (κ2) is 7.38. The molecule has 6 heteroatoms. The molecule has 5 nitrogen and oxygen atoms in total. The molecule has 16 heavy (non-hydrogen) atoms. The Balaban J connectivity index is 2.08. The zero-order valence-corrected chi connectivity index (χ0v) is 10.9. The van der Waals surface area contributed by atoms with Gasteiger partial charge >= 0.3 is 0 Å². The molecule has 90 valence electrons. The third-order valence-electron chi connectivity index (χ3n) is 2.02. The van der Waals surface area contributed by atoms with Gasteiger partial charge in [-0.1, -0.05) is 21.1 Å². The molecule has 1 rings (SSSR count). The van der Waals surface area contributed by atoms with E-state index < -0.39 is 0 Å². The van der Waals surface area contributed by atoms with Crippen molar-refractivity contribution in [2.75, 3.05) is 11.9 Å². The first kappa shape index (κ1) is 13.2. The van der Waals surface area contributed by atoms with Crippen molar-refractivity contribution in [2.24, 2.45) is 0 Å². The molecule has 1 N–H and O–H groups in total. The number of carbonyl (C=O) groups excluding carboxylic acids is 1. The molecule has 0 spiro atoms. The number of halogens is 1. The van der Waals surface area contributed by atoms with E-state index >= 15 is 0 Å². The number of unbranched alkanes of at least 4 members (excludes halogenated alkanes) is 1. The van der Waals surface area contributed by atoms with Gasteiger partial charge < -0.3 is 9.84 Å². The molecule has 0 bridgehead atoms. The van der Waals surface area contributed by atoms with Crippen molar-refractivity contribution in [3.05, 3.63) is 11.7 Å². The monoisotopic (exact) mass is 289 g/mol. The zero-order valence-electron chi connectivity index (χ0n) is 9.33. The van der Waals surface area contributed by atoms with Crippen LogP contribution in [0.1, 0.15) is 31.0 Å². The fraction of sp³-hybridized carbons (Fsp3) is 0.700. The van der Waals surface area contributed by atoms with Crippen molar-refractivity contribution < 1.29 is 9.32 Å². The first-order valence-corrected chi connectivity index (χ1v) is 6.46. The molecule has 0 aliphatic rings. The van der Waals surface area contributed by atoms with Gasteiger partial charge in [-0.15, -0.1) is 0 Å². The number of amides is 1. The summed E-state index contributed by atoms with van der Waals surface area (Å²) in [5.74, 6) is 1.27. The SMILES string of the molecule is Cc1noc(CCNC(=O)CCCCBr)n1. The second-order valence-corrected chi connectivity index (χ2v) is 4.27. The fourth-order valence-electron chi connectivity index (χ4n) is 1.22. The second-order valence-electron chi connectivity index (χ2n) is 3.48. The lowest BCUT2D eigenvalue weighted by molar-refractivity contribution is -0.121. The van der Waals surface area contributed by atoms with Gasteiger partial charge in [-0.25, -0.2) is 0 Å². The topological polar surface area (TPSA) is 68.0 Å². The van der Waals surface area contributed by atoms with Crippen LogP contribution in [-0.4, -0.2) is 27.9 Å². The van der Waals surface area contributed by atoms with E-state index in [0.29, 0.717) is 31.1 Å². The summed E-state index contributed by atoms with van der Waals surface area (Å²) in [6.45, 7) is 2.32. The Morgan fingerprint density at radius 2 is 2.31 bits per heavy atom. The number of nitrogens with one attached hydrogen (secondary N) is 1. The lowest BCUT2D eigenvalue weighted by atomic mass is 10.2. The number of alkyl halides is 1. The Morgan fingerprint density at radius 3 is 2.94 bits per heavy atom. The minimum absolute atomic E-state index is 0.0807. The minimum atomic E-state index is 0.0807. The third-order valence-corrected chi connectivity index (χ3v) is 2.58. The fourth-order valence-corrected chi connectivity index (χ4v) is 1.62. The maximum absolute atomic E-state index is 11.3. The van der Waals surface area contributed by atoms with Crippen LogP contribution in [0.15, 0.2) is 4.52 Å². The van der Waals surface area contributed by atoms with Crippen LogP contribution in [0.3, 0.4) is 0 Å². The van der Waals surface area contributed by atoms with Gasteiger partial charge in [0.05, 0.1) is 0 Å². The number of rotatable bonds is 7. The third kappa shape index (κ3) is 5.25. The lowest BCUT2D eigenvalue weighted by Gasteiger charge is -2.02. The Labute approximate surface area is 103 Å². The van der Waals surface area contributed by atoms with E-state index in [-0.39, 0.29) is 5.91 Å². The number of aromatic nitrogens is 2. The van der Waals surface area contributed by atoms with Crippen LogP contribution in [0, 0.1) is 6.92 Å². The molecule has 0 aromatic carbocycles. The molecule has 0 fully saturated rings. The predicted octanol–water partition coefficient (Wildman–Crippen LogP) is 1.60. The molecule has 0 aliphatic carbocycles. The highest BCUT2D eigenvalue weighted by atomic mass is 79.9. The van der Waals surface area contributed by atoms with Crippen molar-refractivity contribution in [3.8, 4) is 0 Å². The molecule has 0 unspecified atom stereocenters. The minimum Gasteiger partial charge on any atom is -0.356 e. The van der Waals surface area contributed by atoms with E-state index in [4.69, 9.17) is 4.52 Å². The molecule has 1 amide bonds. The predicted molar refractivity (Wildman–Crippen MR) is 63.4 cm³/mol. The smallest absolute Gasteiger partial charge is 0.228 e. The van der Waals surface area contributed by atoms with E-state index in [0.717, 1.165) is 18.2 Å². The summed E-state index contributed by atoms with van der Waals surface area (Å²) in [5.41, 5.74) is 0. The van der Waals surface area contributed by atoms with Crippen LogP contribution in [0.4, 0.5) is 0 Å². The number of hydrogen-bond donors (Lipinski definition) is 1. The Hall–Kier alpha value is -0.910. The molecule has 0 saturated heterocycles. The average molecular weight is 290 g/mol. The van der Waals surface area contributed by atoms with Gasteiger partial charge in [-0.05, 0) is 19.8 Å². The molecule has 0 saturated carbocycles. The summed E-state index contributed by atoms with van der Waals surface area (Å²) in [6, 6.07) is 0. The molecule has 0 atom stereocenters. The van der Waals surface area contributed by atoms with Gasteiger partial charge in [0.15, 0.2) is 5.82 Å². The maximum Gasteiger partial charge on any atom is 0.228 e. The number of hydrogen-bond acceptors (Lipinski definition) is 4.